The van der Waals surface area contributed by atoms with E-state index in [2.05, 4.69) is 5.32 Å². The summed E-state index contributed by atoms with van der Waals surface area (Å²) in [5.74, 6) is 1.51. The van der Waals surface area contributed by atoms with Crippen LogP contribution in [0.15, 0.2) is 72.8 Å². The van der Waals surface area contributed by atoms with Crippen LogP contribution in [0.2, 0.25) is 0 Å². The molecule has 0 spiro atoms. The van der Waals surface area contributed by atoms with Crippen molar-refractivity contribution < 1.29 is 23.8 Å². The second kappa shape index (κ2) is 13.1. The number of rotatable bonds is 12. The first-order chi connectivity index (χ1) is 18.9. The normalized spacial score (nSPS) is 14.9. The molecule has 0 radical (unpaired) electrons. The molecule has 1 aliphatic heterocycles. The number of nitrogens with one attached hydrogen (secondary N) is 1. The Kier molecular flexibility index (Phi) is 9.38. The Morgan fingerprint density at radius 1 is 0.974 bits per heavy atom. The molecule has 8 nitrogen and oxygen atoms in total. The van der Waals surface area contributed by atoms with Gasteiger partial charge in [-0.15, -0.1) is 0 Å². The maximum Gasteiger partial charge on any atom is 0.256 e. The number of nitrogens with zero attached hydrogens (tertiary/aromatic N) is 2. The Hall–Kier alpha value is -4.11. The summed E-state index contributed by atoms with van der Waals surface area (Å²) in [6, 6.07) is 21.4. The molecule has 2 amide bonds. The zero-order valence-corrected chi connectivity index (χ0v) is 23.2. The number of carbonyl (C=O) groups is 2. The van der Waals surface area contributed by atoms with E-state index >= 15 is 0 Å². The molecule has 1 saturated heterocycles. The smallest absolute Gasteiger partial charge is 0.256 e. The number of para-hydroxylation sites is 1. The largest absolute Gasteiger partial charge is 0.494 e. The first kappa shape index (κ1) is 27.9. The molecule has 0 aromatic heterocycles. The van der Waals surface area contributed by atoms with Crippen LogP contribution in [0.3, 0.4) is 0 Å². The van der Waals surface area contributed by atoms with E-state index in [0.717, 1.165) is 17.7 Å². The fourth-order valence-corrected chi connectivity index (χ4v) is 4.84. The summed E-state index contributed by atoms with van der Waals surface area (Å²) in [6.45, 7) is 3.12. The minimum absolute atomic E-state index is 0.0394. The first-order valence-electron chi connectivity index (χ1n) is 12.9. The summed E-state index contributed by atoms with van der Waals surface area (Å²) in [5.41, 5.74) is 2.30. The predicted octanol–water partition coefficient (Wildman–Crippen LogP) is 5.07. The average molecular weight is 548 g/mol. The van der Waals surface area contributed by atoms with Crippen molar-refractivity contribution in [2.45, 2.75) is 32.2 Å². The van der Waals surface area contributed by atoms with Gasteiger partial charge in [-0.3, -0.25) is 14.5 Å². The van der Waals surface area contributed by atoms with E-state index < -0.39 is 6.04 Å². The molecule has 0 aliphatic carbocycles. The quantitative estimate of drug-likeness (QED) is 0.317. The van der Waals surface area contributed by atoms with E-state index in [-0.39, 0.29) is 18.2 Å². The van der Waals surface area contributed by atoms with Crippen LogP contribution in [0.4, 0.5) is 11.4 Å². The van der Waals surface area contributed by atoms with E-state index in [1.165, 1.54) is 4.90 Å². The predicted molar refractivity (Wildman–Crippen MR) is 156 cm³/mol. The fraction of sp³-hybridized carbons (Fsp3) is 0.300. The molecule has 204 valence electrons. The van der Waals surface area contributed by atoms with E-state index in [1.54, 1.807) is 26.4 Å². The Morgan fingerprint density at radius 3 is 2.36 bits per heavy atom. The summed E-state index contributed by atoms with van der Waals surface area (Å²) in [7, 11) is 3.18. The van der Waals surface area contributed by atoms with Gasteiger partial charge < -0.3 is 24.4 Å². The average Bonchev–Trinajstić information content (AvgIpc) is 3.19. The van der Waals surface area contributed by atoms with Gasteiger partial charge in [0.2, 0.25) is 5.91 Å². The molecule has 3 aromatic rings. The number of amides is 2. The Morgan fingerprint density at radius 2 is 1.69 bits per heavy atom. The van der Waals surface area contributed by atoms with Gasteiger partial charge in [0.05, 0.1) is 32.9 Å². The van der Waals surface area contributed by atoms with Gasteiger partial charge in [0.25, 0.3) is 5.91 Å². The molecular weight excluding hydrogens is 514 g/mol. The SMILES string of the molecule is CCCOc1ccc(NC(=O)C[C@@H]2C(=O)N(c3ccccc3)C(=S)N2CCc2ccc(OC)c(OC)c2)cc1. The topological polar surface area (TPSA) is 80.3 Å². The van der Waals surface area contributed by atoms with Gasteiger partial charge >= 0.3 is 0 Å². The van der Waals surface area contributed by atoms with E-state index in [0.29, 0.717) is 47.6 Å². The van der Waals surface area contributed by atoms with Crippen LogP contribution in [-0.2, 0) is 16.0 Å². The van der Waals surface area contributed by atoms with Crippen molar-refractivity contribution in [3.8, 4) is 17.2 Å². The molecule has 0 bridgehead atoms. The Labute approximate surface area is 234 Å². The van der Waals surface area contributed by atoms with Gasteiger partial charge in [-0.05, 0) is 79.2 Å². The van der Waals surface area contributed by atoms with Crippen molar-refractivity contribution in [2.75, 3.05) is 37.6 Å². The van der Waals surface area contributed by atoms with Crippen LogP contribution >= 0.6 is 12.2 Å². The zero-order chi connectivity index (χ0) is 27.8. The number of thiocarbonyl (C=S) groups is 1. The van der Waals surface area contributed by atoms with E-state index in [9.17, 15) is 9.59 Å². The van der Waals surface area contributed by atoms with E-state index in [1.807, 2.05) is 72.5 Å². The van der Waals surface area contributed by atoms with Crippen LogP contribution < -0.4 is 24.4 Å². The molecule has 1 heterocycles. The highest BCUT2D eigenvalue weighted by atomic mass is 32.1. The van der Waals surface area contributed by atoms with Crippen molar-refractivity contribution in [3.05, 3.63) is 78.4 Å². The third-order valence-corrected chi connectivity index (χ3v) is 6.83. The van der Waals surface area contributed by atoms with Crippen molar-refractivity contribution >= 4 is 40.5 Å². The third-order valence-electron chi connectivity index (χ3n) is 6.41. The molecule has 3 aromatic carbocycles. The monoisotopic (exact) mass is 547 g/mol. The second-order valence-electron chi connectivity index (χ2n) is 9.07. The lowest BCUT2D eigenvalue weighted by Gasteiger charge is -2.24. The van der Waals surface area contributed by atoms with Crippen LogP contribution in [0, 0.1) is 0 Å². The maximum atomic E-state index is 13.6. The van der Waals surface area contributed by atoms with Gasteiger partial charge in [-0.25, -0.2) is 0 Å². The molecule has 0 unspecified atom stereocenters. The van der Waals surface area contributed by atoms with Gasteiger partial charge in [0, 0.05) is 12.2 Å². The summed E-state index contributed by atoms with van der Waals surface area (Å²) in [6.07, 6.45) is 1.47. The van der Waals surface area contributed by atoms with Crippen molar-refractivity contribution in [1.29, 1.82) is 0 Å². The number of methoxy groups -OCH3 is 2. The molecule has 4 rings (SSSR count). The van der Waals surface area contributed by atoms with Gasteiger partial charge in [-0.2, -0.15) is 0 Å². The summed E-state index contributed by atoms with van der Waals surface area (Å²) >= 11 is 5.77. The molecule has 1 N–H and O–H groups in total. The number of hydrogen-bond acceptors (Lipinski definition) is 6. The van der Waals surface area contributed by atoms with Gasteiger partial charge in [0.15, 0.2) is 16.6 Å². The number of carbonyl (C=O) groups excluding carboxylic acids is 2. The Balaban J connectivity index is 1.50. The molecule has 9 heteroatoms. The first-order valence-corrected chi connectivity index (χ1v) is 13.3. The highest BCUT2D eigenvalue weighted by Crippen LogP contribution is 2.30. The van der Waals surface area contributed by atoms with Gasteiger partial charge in [-0.1, -0.05) is 31.2 Å². The summed E-state index contributed by atoms with van der Waals surface area (Å²) in [4.78, 5) is 30.1. The fourth-order valence-electron chi connectivity index (χ4n) is 4.43. The molecular formula is C30H33N3O5S. The van der Waals surface area contributed by atoms with E-state index in [4.69, 9.17) is 26.4 Å². The maximum absolute atomic E-state index is 13.6. The van der Waals surface area contributed by atoms with Crippen molar-refractivity contribution in [2.24, 2.45) is 0 Å². The second-order valence-corrected chi connectivity index (χ2v) is 9.43. The van der Waals surface area contributed by atoms with Crippen LogP contribution in [0.1, 0.15) is 25.3 Å². The molecule has 1 aliphatic rings. The van der Waals surface area contributed by atoms with Crippen LogP contribution in [-0.4, -0.2) is 55.2 Å². The Bertz CT molecular complexity index is 1300. The summed E-state index contributed by atoms with van der Waals surface area (Å²) < 4.78 is 16.4. The standard InChI is InChI=1S/C30H33N3O5S/c1-4-18-38-24-13-11-22(12-14-24)31-28(34)20-25-29(35)33(23-8-6-5-7-9-23)30(39)32(25)17-16-21-10-15-26(36-2)27(19-21)37-3/h5-15,19,25H,4,16-18,20H2,1-3H3,(H,31,34)/t25-/m1/s1. The van der Waals surface area contributed by atoms with Crippen molar-refractivity contribution in [1.82, 2.24) is 4.90 Å². The summed E-state index contributed by atoms with van der Waals surface area (Å²) in [5, 5.41) is 3.28. The number of ether oxygens (including phenoxy) is 3. The molecule has 1 atom stereocenters. The highest BCUT2D eigenvalue weighted by molar-refractivity contribution is 7.80. The minimum Gasteiger partial charge on any atom is -0.494 e. The molecule has 1 fully saturated rings. The number of hydrogen-bond donors (Lipinski definition) is 1. The molecule has 39 heavy (non-hydrogen) atoms. The molecule has 0 saturated carbocycles. The number of anilines is 2. The lowest BCUT2D eigenvalue weighted by Crippen LogP contribution is -2.39. The minimum atomic E-state index is -0.731. The lowest BCUT2D eigenvalue weighted by molar-refractivity contribution is -0.124. The van der Waals surface area contributed by atoms with Gasteiger partial charge in [0.1, 0.15) is 11.8 Å². The van der Waals surface area contributed by atoms with Crippen molar-refractivity contribution in [3.63, 3.8) is 0 Å². The lowest BCUT2D eigenvalue weighted by atomic mass is 10.1. The zero-order valence-electron chi connectivity index (χ0n) is 22.4. The third kappa shape index (κ3) is 6.67. The van der Waals surface area contributed by atoms with Crippen LogP contribution in [0.5, 0.6) is 17.2 Å². The number of benzene rings is 3. The van der Waals surface area contributed by atoms with Crippen LogP contribution in [0.25, 0.3) is 0 Å². The highest BCUT2D eigenvalue weighted by Gasteiger charge is 2.43.